The first kappa shape index (κ1) is 21.3. The maximum Gasteiger partial charge on any atom is 0.261 e. The molecule has 1 amide bonds. The number of anilines is 1. The van der Waals surface area contributed by atoms with E-state index in [1.807, 2.05) is 60.7 Å². The molecule has 0 unspecified atom stereocenters. The first-order valence-electron chi connectivity index (χ1n) is 10.1. The Hall–Kier alpha value is -3.90. The van der Waals surface area contributed by atoms with Gasteiger partial charge in [-0.2, -0.15) is 0 Å². The fourth-order valence-electron chi connectivity index (χ4n) is 3.43. The van der Waals surface area contributed by atoms with E-state index < -0.39 is 10.0 Å². The van der Waals surface area contributed by atoms with Crippen LogP contribution in [0.5, 0.6) is 0 Å². The molecule has 0 fully saturated rings. The van der Waals surface area contributed by atoms with Crippen LogP contribution in [0.25, 0.3) is 0 Å². The minimum Gasteiger partial charge on any atom is -0.341 e. The van der Waals surface area contributed by atoms with Crippen LogP contribution in [0.2, 0.25) is 0 Å². The molecular weight excluding hydrogens is 420 g/mol. The van der Waals surface area contributed by atoms with Gasteiger partial charge in [-0.3, -0.25) is 9.52 Å². The summed E-state index contributed by atoms with van der Waals surface area (Å²) in [7, 11) is -3.83. The molecule has 4 aromatic rings. The fraction of sp³-hybridized carbons (Fsp3) is 0.0385. The highest BCUT2D eigenvalue weighted by Crippen LogP contribution is 2.25. The molecule has 2 N–H and O–H groups in total. The van der Waals surface area contributed by atoms with E-state index in [2.05, 4.69) is 10.0 Å². The Morgan fingerprint density at radius 1 is 0.625 bits per heavy atom. The van der Waals surface area contributed by atoms with Gasteiger partial charge in [0, 0.05) is 0 Å². The molecule has 4 rings (SSSR count). The number of carbonyl (C=O) groups is 1. The van der Waals surface area contributed by atoms with Gasteiger partial charge < -0.3 is 5.32 Å². The third kappa shape index (κ3) is 4.87. The van der Waals surface area contributed by atoms with Crippen molar-refractivity contribution in [1.82, 2.24) is 5.32 Å². The maximum atomic E-state index is 13.3. The average molecular weight is 443 g/mol. The number of hydrogen-bond donors (Lipinski definition) is 2. The van der Waals surface area contributed by atoms with E-state index in [9.17, 15) is 13.2 Å². The Bertz CT molecular complexity index is 1250. The molecule has 0 heterocycles. The molecule has 0 saturated carbocycles. The summed E-state index contributed by atoms with van der Waals surface area (Å²) in [4.78, 5) is 13.4. The lowest BCUT2D eigenvalue weighted by Crippen LogP contribution is -2.30. The summed E-state index contributed by atoms with van der Waals surface area (Å²) < 4.78 is 28.1. The minimum atomic E-state index is -3.83. The zero-order valence-corrected chi connectivity index (χ0v) is 18.0. The minimum absolute atomic E-state index is 0.127. The third-order valence-corrected chi connectivity index (χ3v) is 6.39. The SMILES string of the molecule is O=C(NC(c1ccccc1)c1ccccc1)c1ccccc1NS(=O)(=O)c1ccccc1. The highest BCUT2D eigenvalue weighted by Gasteiger charge is 2.22. The molecule has 0 aliphatic heterocycles. The number of rotatable bonds is 7. The van der Waals surface area contributed by atoms with Crippen LogP contribution in [0.4, 0.5) is 5.69 Å². The van der Waals surface area contributed by atoms with Gasteiger partial charge in [0.1, 0.15) is 0 Å². The Balaban J connectivity index is 1.65. The van der Waals surface area contributed by atoms with E-state index in [0.717, 1.165) is 11.1 Å². The van der Waals surface area contributed by atoms with Gasteiger partial charge in [0.15, 0.2) is 0 Å². The lowest BCUT2D eigenvalue weighted by Gasteiger charge is -2.21. The van der Waals surface area contributed by atoms with Crippen LogP contribution >= 0.6 is 0 Å². The van der Waals surface area contributed by atoms with Crippen molar-refractivity contribution in [2.75, 3.05) is 4.72 Å². The first-order chi connectivity index (χ1) is 15.5. The summed E-state index contributed by atoms with van der Waals surface area (Å²) in [6.45, 7) is 0. The molecule has 0 aliphatic rings. The van der Waals surface area contributed by atoms with Crippen LogP contribution in [0.1, 0.15) is 27.5 Å². The largest absolute Gasteiger partial charge is 0.341 e. The third-order valence-electron chi connectivity index (χ3n) is 5.01. The highest BCUT2D eigenvalue weighted by atomic mass is 32.2. The van der Waals surface area contributed by atoms with Gasteiger partial charge in [-0.05, 0) is 35.4 Å². The van der Waals surface area contributed by atoms with Crippen molar-refractivity contribution in [2.24, 2.45) is 0 Å². The Morgan fingerprint density at radius 3 is 1.66 bits per heavy atom. The fourth-order valence-corrected chi connectivity index (χ4v) is 4.53. The lowest BCUT2D eigenvalue weighted by atomic mass is 9.98. The molecule has 160 valence electrons. The molecule has 0 bridgehead atoms. The van der Waals surface area contributed by atoms with Crippen molar-refractivity contribution in [2.45, 2.75) is 10.9 Å². The lowest BCUT2D eigenvalue weighted by molar-refractivity contribution is 0.0944. The van der Waals surface area contributed by atoms with Gasteiger partial charge >= 0.3 is 0 Å². The van der Waals surface area contributed by atoms with Gasteiger partial charge in [-0.1, -0.05) is 91.0 Å². The van der Waals surface area contributed by atoms with E-state index >= 15 is 0 Å². The number of carbonyl (C=O) groups excluding carboxylic acids is 1. The molecular formula is C26H22N2O3S. The monoisotopic (exact) mass is 442 g/mol. The van der Waals surface area contributed by atoms with Gasteiger partial charge in [-0.15, -0.1) is 0 Å². The number of sulfonamides is 1. The predicted octanol–water partition coefficient (Wildman–Crippen LogP) is 5.01. The van der Waals surface area contributed by atoms with Crippen LogP contribution in [-0.2, 0) is 10.0 Å². The first-order valence-corrected chi connectivity index (χ1v) is 11.6. The van der Waals surface area contributed by atoms with Crippen LogP contribution in [0.15, 0.2) is 120 Å². The molecule has 0 radical (unpaired) electrons. The van der Waals surface area contributed by atoms with Crippen LogP contribution in [-0.4, -0.2) is 14.3 Å². The number of nitrogens with one attached hydrogen (secondary N) is 2. The van der Waals surface area contributed by atoms with Crippen molar-refractivity contribution in [3.63, 3.8) is 0 Å². The van der Waals surface area contributed by atoms with E-state index in [4.69, 9.17) is 0 Å². The number of benzene rings is 4. The molecule has 0 saturated heterocycles. The average Bonchev–Trinajstić information content (AvgIpc) is 2.84. The summed E-state index contributed by atoms with van der Waals surface area (Å²) in [5.41, 5.74) is 2.31. The van der Waals surface area contributed by atoms with Crippen molar-refractivity contribution >= 4 is 21.6 Å². The second kappa shape index (κ2) is 9.49. The van der Waals surface area contributed by atoms with E-state index in [1.165, 1.54) is 12.1 Å². The number of para-hydroxylation sites is 1. The second-order valence-corrected chi connectivity index (χ2v) is 8.87. The van der Waals surface area contributed by atoms with Crippen molar-refractivity contribution in [3.05, 3.63) is 132 Å². The Morgan fingerprint density at radius 2 is 1.09 bits per heavy atom. The van der Waals surface area contributed by atoms with Gasteiger partial charge in [-0.25, -0.2) is 8.42 Å². The summed E-state index contributed by atoms with van der Waals surface area (Å²) in [6, 6.07) is 33.5. The van der Waals surface area contributed by atoms with Gasteiger partial charge in [0.25, 0.3) is 15.9 Å². The summed E-state index contributed by atoms with van der Waals surface area (Å²) in [5, 5.41) is 3.06. The van der Waals surface area contributed by atoms with E-state index in [1.54, 1.807) is 42.5 Å². The molecule has 32 heavy (non-hydrogen) atoms. The zero-order valence-electron chi connectivity index (χ0n) is 17.2. The molecule has 0 spiro atoms. The summed E-state index contributed by atoms with van der Waals surface area (Å²) in [6.07, 6.45) is 0. The Labute approximate surface area is 187 Å². The molecule has 6 heteroatoms. The van der Waals surface area contributed by atoms with Crippen molar-refractivity contribution in [1.29, 1.82) is 0 Å². The summed E-state index contributed by atoms with van der Waals surface area (Å²) in [5.74, 6) is -0.380. The topological polar surface area (TPSA) is 75.3 Å². The number of hydrogen-bond acceptors (Lipinski definition) is 3. The van der Waals surface area contributed by atoms with Gasteiger partial charge in [0.05, 0.1) is 22.2 Å². The normalized spacial score (nSPS) is 11.2. The molecule has 4 aromatic carbocycles. The number of amides is 1. The molecule has 0 atom stereocenters. The molecule has 0 aliphatic carbocycles. The zero-order chi connectivity index (χ0) is 22.4. The quantitative estimate of drug-likeness (QED) is 0.423. The summed E-state index contributed by atoms with van der Waals surface area (Å²) >= 11 is 0. The van der Waals surface area contributed by atoms with E-state index in [0.29, 0.717) is 0 Å². The smallest absolute Gasteiger partial charge is 0.261 e. The molecule has 0 aromatic heterocycles. The highest BCUT2D eigenvalue weighted by molar-refractivity contribution is 7.92. The Kier molecular flexibility index (Phi) is 6.33. The van der Waals surface area contributed by atoms with Crippen LogP contribution in [0, 0.1) is 0 Å². The van der Waals surface area contributed by atoms with E-state index in [-0.39, 0.29) is 28.1 Å². The standard InChI is InChI=1S/C26H22N2O3S/c29-26(27-25(20-12-4-1-5-13-20)21-14-6-2-7-15-21)23-18-10-11-19-24(23)28-32(30,31)22-16-8-3-9-17-22/h1-19,25,28H,(H,27,29). The van der Waals surface area contributed by atoms with Crippen molar-refractivity contribution < 1.29 is 13.2 Å². The van der Waals surface area contributed by atoms with Gasteiger partial charge in [0.2, 0.25) is 0 Å². The van der Waals surface area contributed by atoms with Crippen LogP contribution in [0.3, 0.4) is 0 Å². The van der Waals surface area contributed by atoms with Crippen molar-refractivity contribution in [3.8, 4) is 0 Å². The van der Waals surface area contributed by atoms with Crippen LogP contribution < -0.4 is 10.0 Å². The second-order valence-electron chi connectivity index (χ2n) is 7.19. The molecule has 5 nitrogen and oxygen atoms in total. The maximum absolute atomic E-state index is 13.3. The predicted molar refractivity (Wildman–Crippen MR) is 126 cm³/mol.